The minimum atomic E-state index is -0.577. The van der Waals surface area contributed by atoms with Crippen LogP contribution in [0.25, 0.3) is 0 Å². The van der Waals surface area contributed by atoms with E-state index in [9.17, 15) is 4.79 Å². The molecule has 0 saturated heterocycles. The number of carbonyl (C=O) groups is 1. The Morgan fingerprint density at radius 2 is 1.65 bits per heavy atom. The van der Waals surface area contributed by atoms with E-state index in [2.05, 4.69) is 12.2 Å². The third-order valence-corrected chi connectivity index (χ3v) is 4.89. The smallest absolute Gasteiger partial charge is 0.265 e. The first-order chi connectivity index (χ1) is 12.5. The maximum atomic E-state index is 12.4. The van der Waals surface area contributed by atoms with Crippen LogP contribution in [0.3, 0.4) is 0 Å². The summed E-state index contributed by atoms with van der Waals surface area (Å²) in [4.78, 5) is 12.4. The van der Waals surface area contributed by atoms with E-state index in [1.165, 1.54) is 18.4 Å². The number of rotatable bonds is 6. The number of anilines is 1. The Morgan fingerprint density at radius 1 is 1.00 bits per heavy atom. The van der Waals surface area contributed by atoms with Crippen molar-refractivity contribution in [1.29, 1.82) is 0 Å². The molecule has 1 amide bonds. The second-order valence-corrected chi connectivity index (χ2v) is 7.04. The van der Waals surface area contributed by atoms with Crippen LogP contribution in [0.15, 0.2) is 42.5 Å². The number of carbonyl (C=O) groups excluding carboxylic acids is 1. The van der Waals surface area contributed by atoms with Crippen molar-refractivity contribution in [3.63, 3.8) is 0 Å². The number of amides is 1. The predicted octanol–water partition coefficient (Wildman–Crippen LogP) is 5.03. The molecule has 1 aliphatic carbocycles. The van der Waals surface area contributed by atoms with E-state index in [1.807, 2.05) is 49.4 Å². The van der Waals surface area contributed by atoms with E-state index in [0.29, 0.717) is 11.9 Å². The lowest BCUT2D eigenvalue weighted by molar-refractivity contribution is -0.122. The van der Waals surface area contributed by atoms with Gasteiger partial charge in [-0.05, 0) is 94.0 Å². The topological polar surface area (TPSA) is 47.6 Å². The van der Waals surface area contributed by atoms with E-state index in [-0.39, 0.29) is 5.91 Å². The number of hydrogen-bond acceptors (Lipinski definition) is 3. The van der Waals surface area contributed by atoms with Crippen molar-refractivity contribution in [1.82, 2.24) is 0 Å². The lowest BCUT2D eigenvalue weighted by Crippen LogP contribution is -2.30. The van der Waals surface area contributed by atoms with E-state index in [4.69, 9.17) is 9.47 Å². The van der Waals surface area contributed by atoms with Crippen molar-refractivity contribution in [2.24, 2.45) is 0 Å². The van der Waals surface area contributed by atoms with Crippen molar-refractivity contribution >= 4 is 11.6 Å². The van der Waals surface area contributed by atoms with Crippen LogP contribution in [0.2, 0.25) is 0 Å². The SMILES string of the molecule is Cc1ccc(OC(C)C(=O)Nc2ccc(OC3CCCC3)cc2)cc1C. The molecule has 0 bridgehead atoms. The average Bonchev–Trinajstić information content (AvgIpc) is 3.13. The molecule has 4 nitrogen and oxygen atoms in total. The minimum Gasteiger partial charge on any atom is -0.490 e. The summed E-state index contributed by atoms with van der Waals surface area (Å²) < 4.78 is 11.7. The van der Waals surface area contributed by atoms with E-state index in [0.717, 1.165) is 29.8 Å². The summed E-state index contributed by atoms with van der Waals surface area (Å²) in [5.41, 5.74) is 3.09. The van der Waals surface area contributed by atoms with Gasteiger partial charge in [-0.3, -0.25) is 4.79 Å². The average molecular weight is 353 g/mol. The first kappa shape index (κ1) is 18.3. The molecule has 0 heterocycles. The number of hydrogen-bond donors (Lipinski definition) is 1. The van der Waals surface area contributed by atoms with Crippen LogP contribution in [-0.4, -0.2) is 18.1 Å². The first-order valence-electron chi connectivity index (χ1n) is 9.33. The molecular formula is C22H27NO3. The van der Waals surface area contributed by atoms with Crippen molar-refractivity contribution in [2.75, 3.05) is 5.32 Å². The fraction of sp³-hybridized carbons (Fsp3) is 0.409. The molecule has 26 heavy (non-hydrogen) atoms. The van der Waals surface area contributed by atoms with Crippen molar-refractivity contribution in [3.05, 3.63) is 53.6 Å². The summed E-state index contributed by atoms with van der Waals surface area (Å²) in [7, 11) is 0. The van der Waals surface area contributed by atoms with Crippen LogP contribution in [0, 0.1) is 13.8 Å². The molecule has 4 heteroatoms. The zero-order valence-electron chi connectivity index (χ0n) is 15.7. The van der Waals surface area contributed by atoms with Crippen molar-refractivity contribution in [3.8, 4) is 11.5 Å². The van der Waals surface area contributed by atoms with E-state index >= 15 is 0 Å². The van der Waals surface area contributed by atoms with Crippen molar-refractivity contribution in [2.45, 2.75) is 58.7 Å². The van der Waals surface area contributed by atoms with Gasteiger partial charge in [0.1, 0.15) is 11.5 Å². The standard InChI is InChI=1S/C22H27NO3/c1-15-8-11-21(14-16(15)2)25-17(3)22(24)23-18-9-12-20(13-10-18)26-19-6-4-5-7-19/h8-14,17,19H,4-7H2,1-3H3,(H,23,24). The van der Waals surface area contributed by atoms with Crippen LogP contribution < -0.4 is 14.8 Å². The molecule has 1 unspecified atom stereocenters. The van der Waals surface area contributed by atoms with Gasteiger partial charge in [0.25, 0.3) is 5.91 Å². The van der Waals surface area contributed by atoms with Gasteiger partial charge in [0.2, 0.25) is 0 Å². The highest BCUT2D eigenvalue weighted by Gasteiger charge is 2.17. The van der Waals surface area contributed by atoms with Gasteiger partial charge in [0.15, 0.2) is 6.10 Å². The fourth-order valence-corrected chi connectivity index (χ4v) is 3.10. The normalized spacial score (nSPS) is 15.5. The Balaban J connectivity index is 1.53. The summed E-state index contributed by atoms with van der Waals surface area (Å²) in [5, 5.41) is 2.89. The Labute approximate surface area is 155 Å². The van der Waals surface area contributed by atoms with Crippen LogP contribution in [0.5, 0.6) is 11.5 Å². The van der Waals surface area contributed by atoms with Crippen LogP contribution in [0.4, 0.5) is 5.69 Å². The quantitative estimate of drug-likeness (QED) is 0.792. The summed E-state index contributed by atoms with van der Waals surface area (Å²) in [6.07, 6.45) is 4.51. The lowest BCUT2D eigenvalue weighted by Gasteiger charge is -2.16. The zero-order chi connectivity index (χ0) is 18.5. The summed E-state index contributed by atoms with van der Waals surface area (Å²) in [5.74, 6) is 1.39. The van der Waals surface area contributed by atoms with Crippen LogP contribution in [0.1, 0.15) is 43.7 Å². The number of benzene rings is 2. The zero-order valence-corrected chi connectivity index (χ0v) is 15.7. The molecule has 0 aliphatic heterocycles. The number of aryl methyl sites for hydroxylation is 2. The molecule has 1 fully saturated rings. The van der Waals surface area contributed by atoms with Gasteiger partial charge in [-0.2, -0.15) is 0 Å². The van der Waals surface area contributed by atoms with Gasteiger partial charge in [0, 0.05) is 5.69 Å². The highest BCUT2D eigenvalue weighted by molar-refractivity contribution is 5.94. The Hall–Kier alpha value is -2.49. The van der Waals surface area contributed by atoms with Gasteiger partial charge >= 0.3 is 0 Å². The molecule has 138 valence electrons. The molecule has 2 aromatic carbocycles. The molecule has 3 rings (SSSR count). The summed E-state index contributed by atoms with van der Waals surface area (Å²) >= 11 is 0. The fourth-order valence-electron chi connectivity index (χ4n) is 3.10. The van der Waals surface area contributed by atoms with E-state index in [1.54, 1.807) is 6.92 Å². The third kappa shape index (κ3) is 4.78. The highest BCUT2D eigenvalue weighted by atomic mass is 16.5. The maximum absolute atomic E-state index is 12.4. The molecule has 0 radical (unpaired) electrons. The van der Waals surface area contributed by atoms with Gasteiger partial charge in [-0.25, -0.2) is 0 Å². The largest absolute Gasteiger partial charge is 0.490 e. The molecule has 1 saturated carbocycles. The molecule has 0 aromatic heterocycles. The third-order valence-electron chi connectivity index (χ3n) is 4.89. The molecule has 2 aromatic rings. The Bertz CT molecular complexity index is 748. The lowest BCUT2D eigenvalue weighted by atomic mass is 10.1. The Kier molecular flexibility index (Phi) is 5.82. The minimum absolute atomic E-state index is 0.173. The van der Waals surface area contributed by atoms with Gasteiger partial charge in [-0.15, -0.1) is 0 Å². The highest BCUT2D eigenvalue weighted by Crippen LogP contribution is 2.25. The maximum Gasteiger partial charge on any atom is 0.265 e. The summed E-state index contributed by atoms with van der Waals surface area (Å²) in [6.45, 7) is 5.83. The molecule has 0 spiro atoms. The first-order valence-corrected chi connectivity index (χ1v) is 9.33. The second kappa shape index (κ2) is 8.26. The monoisotopic (exact) mass is 353 g/mol. The summed E-state index contributed by atoms with van der Waals surface area (Å²) in [6, 6.07) is 13.4. The molecule has 1 atom stereocenters. The van der Waals surface area contributed by atoms with Crippen LogP contribution in [-0.2, 0) is 4.79 Å². The van der Waals surface area contributed by atoms with Crippen LogP contribution >= 0.6 is 0 Å². The van der Waals surface area contributed by atoms with Gasteiger partial charge in [-0.1, -0.05) is 6.07 Å². The molecule has 1 aliphatic rings. The van der Waals surface area contributed by atoms with Gasteiger partial charge in [0.05, 0.1) is 6.10 Å². The van der Waals surface area contributed by atoms with Gasteiger partial charge < -0.3 is 14.8 Å². The van der Waals surface area contributed by atoms with E-state index < -0.39 is 6.10 Å². The molecular weight excluding hydrogens is 326 g/mol. The predicted molar refractivity (Wildman–Crippen MR) is 104 cm³/mol. The molecule has 1 N–H and O–H groups in total. The Morgan fingerprint density at radius 3 is 2.31 bits per heavy atom. The number of ether oxygens (including phenoxy) is 2. The van der Waals surface area contributed by atoms with Crippen molar-refractivity contribution < 1.29 is 14.3 Å². The number of nitrogens with one attached hydrogen (secondary N) is 1. The second-order valence-electron chi connectivity index (χ2n) is 7.04.